The maximum absolute atomic E-state index is 12.5. The summed E-state index contributed by atoms with van der Waals surface area (Å²) >= 11 is 3.44. The number of nitrogens with zero attached hydrogens (tertiary/aromatic N) is 1. The average Bonchev–Trinajstić information content (AvgIpc) is 2.64. The van der Waals surface area contributed by atoms with Crippen LogP contribution in [0, 0.1) is 0 Å². The predicted molar refractivity (Wildman–Crippen MR) is 109 cm³/mol. The van der Waals surface area contributed by atoms with Gasteiger partial charge < -0.3 is 4.90 Å². The van der Waals surface area contributed by atoms with Gasteiger partial charge in [0.15, 0.2) is 0 Å². The van der Waals surface area contributed by atoms with Gasteiger partial charge in [-0.15, -0.1) is 6.58 Å². The Balaban J connectivity index is 1.81. The third-order valence-corrected chi connectivity index (χ3v) is 4.45. The number of hydrogen-bond acceptors (Lipinski definition) is 1. The number of carbonyl (C=O) groups is 1. The van der Waals surface area contributed by atoms with Crippen molar-refractivity contribution in [1.82, 2.24) is 4.90 Å². The molecule has 2 aromatic carbocycles. The molecule has 0 unspecified atom stereocenters. The molecule has 0 saturated carbocycles. The van der Waals surface area contributed by atoms with Gasteiger partial charge in [-0.2, -0.15) is 0 Å². The minimum atomic E-state index is 0.176. The molecule has 0 radical (unpaired) electrons. The molecule has 0 fully saturated rings. The van der Waals surface area contributed by atoms with Crippen LogP contribution in [0.1, 0.15) is 24.0 Å². The van der Waals surface area contributed by atoms with Crippen LogP contribution in [0.2, 0.25) is 0 Å². The fourth-order valence-corrected chi connectivity index (χ4v) is 2.80. The molecule has 2 aromatic rings. The molecular weight excluding hydrogens is 374 g/mol. The summed E-state index contributed by atoms with van der Waals surface area (Å²) in [5, 5.41) is 0. The molecule has 0 N–H and O–H groups in total. The molecule has 0 heterocycles. The maximum atomic E-state index is 12.5. The lowest BCUT2D eigenvalue weighted by Crippen LogP contribution is -2.32. The Hall–Kier alpha value is -2.13. The molecule has 130 valence electrons. The summed E-state index contributed by atoms with van der Waals surface area (Å²) in [4.78, 5) is 14.3. The summed E-state index contributed by atoms with van der Waals surface area (Å²) in [5.41, 5.74) is 2.39. The Morgan fingerprint density at radius 3 is 2.48 bits per heavy atom. The van der Waals surface area contributed by atoms with Crippen LogP contribution < -0.4 is 0 Å². The van der Waals surface area contributed by atoms with Crippen LogP contribution in [-0.4, -0.2) is 23.9 Å². The number of rotatable bonds is 9. The molecule has 0 bridgehead atoms. The van der Waals surface area contributed by atoms with Crippen LogP contribution in [0.3, 0.4) is 0 Å². The van der Waals surface area contributed by atoms with Gasteiger partial charge in [-0.05, 0) is 36.1 Å². The number of carbonyl (C=O) groups excluding carboxylic acids is 1. The number of benzene rings is 2. The van der Waals surface area contributed by atoms with Crippen molar-refractivity contribution < 1.29 is 4.79 Å². The van der Waals surface area contributed by atoms with Gasteiger partial charge in [-0.25, -0.2) is 0 Å². The topological polar surface area (TPSA) is 20.3 Å². The molecule has 0 aliphatic carbocycles. The molecule has 3 heteroatoms. The minimum Gasteiger partial charge on any atom is -0.339 e. The van der Waals surface area contributed by atoms with Crippen molar-refractivity contribution in [1.29, 1.82) is 0 Å². The number of hydrogen-bond donors (Lipinski definition) is 0. The standard InChI is InChI=1S/C22H24BrNO/c1-2-17-24(18-16-20-12-14-21(23)15-13-20)22(25)11-7-6-10-19-8-4-3-5-9-19/h2-6,8-10,12-15H,1,7,11,16-18H2/b10-6+. The van der Waals surface area contributed by atoms with E-state index in [1.165, 1.54) is 5.56 Å². The predicted octanol–water partition coefficient (Wildman–Crippen LogP) is 5.50. The lowest BCUT2D eigenvalue weighted by molar-refractivity contribution is -0.130. The lowest BCUT2D eigenvalue weighted by Gasteiger charge is -2.21. The molecule has 0 aliphatic rings. The Labute approximate surface area is 159 Å². The summed E-state index contributed by atoms with van der Waals surface area (Å²) in [6.45, 7) is 5.08. The second kappa shape index (κ2) is 10.7. The Morgan fingerprint density at radius 2 is 1.80 bits per heavy atom. The van der Waals surface area contributed by atoms with Gasteiger partial charge in [-0.3, -0.25) is 4.79 Å². The van der Waals surface area contributed by atoms with Crippen LogP contribution >= 0.6 is 15.9 Å². The molecule has 0 saturated heterocycles. The van der Waals surface area contributed by atoms with Crippen LogP contribution in [0.15, 0.2) is 77.8 Å². The zero-order chi connectivity index (χ0) is 17.9. The lowest BCUT2D eigenvalue weighted by atomic mass is 10.1. The Kier molecular flexibility index (Phi) is 8.20. The highest BCUT2D eigenvalue weighted by atomic mass is 79.9. The fraction of sp³-hybridized carbons (Fsp3) is 0.227. The van der Waals surface area contributed by atoms with E-state index in [4.69, 9.17) is 0 Å². The summed E-state index contributed by atoms with van der Waals surface area (Å²) < 4.78 is 1.07. The largest absolute Gasteiger partial charge is 0.339 e. The van der Waals surface area contributed by atoms with Gasteiger partial charge in [0.1, 0.15) is 0 Å². The molecule has 0 atom stereocenters. The zero-order valence-corrected chi connectivity index (χ0v) is 16.0. The highest BCUT2D eigenvalue weighted by Gasteiger charge is 2.11. The second-order valence-electron chi connectivity index (χ2n) is 5.86. The smallest absolute Gasteiger partial charge is 0.223 e. The zero-order valence-electron chi connectivity index (χ0n) is 14.4. The van der Waals surface area contributed by atoms with E-state index < -0.39 is 0 Å². The van der Waals surface area contributed by atoms with Crippen molar-refractivity contribution in [3.63, 3.8) is 0 Å². The molecule has 0 aliphatic heterocycles. The van der Waals surface area contributed by atoms with Crippen LogP contribution in [0.5, 0.6) is 0 Å². The summed E-state index contributed by atoms with van der Waals surface area (Å²) in [5.74, 6) is 0.176. The van der Waals surface area contributed by atoms with Gasteiger partial charge >= 0.3 is 0 Å². The molecule has 1 amide bonds. The van der Waals surface area contributed by atoms with Gasteiger partial charge in [0.2, 0.25) is 5.91 Å². The fourth-order valence-electron chi connectivity index (χ4n) is 2.54. The van der Waals surface area contributed by atoms with Crippen molar-refractivity contribution >= 4 is 27.9 Å². The van der Waals surface area contributed by atoms with Crippen LogP contribution in [-0.2, 0) is 11.2 Å². The Bertz CT molecular complexity index is 692. The van der Waals surface area contributed by atoms with Gasteiger partial charge in [0.05, 0.1) is 0 Å². The first-order valence-electron chi connectivity index (χ1n) is 8.54. The van der Waals surface area contributed by atoms with Crippen LogP contribution in [0.4, 0.5) is 0 Å². The summed E-state index contributed by atoms with van der Waals surface area (Å²) in [6.07, 6.45) is 8.05. The van der Waals surface area contributed by atoms with E-state index in [1.807, 2.05) is 35.2 Å². The third kappa shape index (κ3) is 7.10. The summed E-state index contributed by atoms with van der Waals surface area (Å²) in [6, 6.07) is 18.4. The quantitative estimate of drug-likeness (QED) is 0.511. The SMILES string of the molecule is C=CCN(CCc1ccc(Br)cc1)C(=O)CC/C=C/c1ccccc1. The van der Waals surface area contributed by atoms with E-state index in [2.05, 4.69) is 58.9 Å². The second-order valence-corrected chi connectivity index (χ2v) is 6.77. The van der Waals surface area contributed by atoms with E-state index in [0.717, 1.165) is 29.4 Å². The van der Waals surface area contributed by atoms with Gasteiger partial charge in [-0.1, -0.05) is 76.6 Å². The van der Waals surface area contributed by atoms with Crippen molar-refractivity contribution in [3.8, 4) is 0 Å². The normalized spacial score (nSPS) is 10.8. The first-order valence-corrected chi connectivity index (χ1v) is 9.33. The Morgan fingerprint density at radius 1 is 1.08 bits per heavy atom. The first kappa shape index (κ1) is 19.2. The van der Waals surface area contributed by atoms with Gasteiger partial charge in [0, 0.05) is 24.0 Å². The van der Waals surface area contributed by atoms with Crippen molar-refractivity contribution in [3.05, 3.63) is 88.9 Å². The summed E-state index contributed by atoms with van der Waals surface area (Å²) in [7, 11) is 0. The third-order valence-electron chi connectivity index (χ3n) is 3.92. The number of amides is 1. The van der Waals surface area contributed by atoms with E-state index in [0.29, 0.717) is 13.0 Å². The highest BCUT2D eigenvalue weighted by molar-refractivity contribution is 9.10. The molecular formula is C22H24BrNO. The minimum absolute atomic E-state index is 0.176. The van der Waals surface area contributed by atoms with Crippen molar-refractivity contribution in [2.75, 3.05) is 13.1 Å². The van der Waals surface area contributed by atoms with E-state index >= 15 is 0 Å². The molecule has 25 heavy (non-hydrogen) atoms. The van der Waals surface area contributed by atoms with Crippen molar-refractivity contribution in [2.45, 2.75) is 19.3 Å². The number of allylic oxidation sites excluding steroid dienone is 1. The van der Waals surface area contributed by atoms with Crippen LogP contribution in [0.25, 0.3) is 6.08 Å². The maximum Gasteiger partial charge on any atom is 0.223 e. The number of halogens is 1. The monoisotopic (exact) mass is 397 g/mol. The molecule has 2 nitrogen and oxygen atoms in total. The van der Waals surface area contributed by atoms with Gasteiger partial charge in [0.25, 0.3) is 0 Å². The van der Waals surface area contributed by atoms with E-state index in [1.54, 1.807) is 6.08 Å². The average molecular weight is 398 g/mol. The molecule has 2 rings (SSSR count). The van der Waals surface area contributed by atoms with Crippen molar-refractivity contribution in [2.24, 2.45) is 0 Å². The highest BCUT2D eigenvalue weighted by Crippen LogP contribution is 2.12. The van der Waals surface area contributed by atoms with E-state index in [9.17, 15) is 4.79 Å². The molecule has 0 spiro atoms. The van der Waals surface area contributed by atoms with E-state index in [-0.39, 0.29) is 5.91 Å². The molecule has 0 aromatic heterocycles. The first-order chi connectivity index (χ1) is 12.2.